The molecule has 1 fully saturated rings. The highest BCUT2D eigenvalue weighted by molar-refractivity contribution is 5.92. The number of furan rings is 1. The minimum absolute atomic E-state index is 0.0208. The molecule has 7 heteroatoms. The maximum absolute atomic E-state index is 12.3. The van der Waals surface area contributed by atoms with Crippen molar-refractivity contribution in [2.24, 2.45) is 0 Å². The van der Waals surface area contributed by atoms with Crippen molar-refractivity contribution >= 4 is 11.6 Å². The van der Waals surface area contributed by atoms with Gasteiger partial charge in [-0.15, -0.1) is 0 Å². The van der Waals surface area contributed by atoms with Gasteiger partial charge in [0.25, 0.3) is 11.6 Å². The molecule has 1 N–H and O–H groups in total. The van der Waals surface area contributed by atoms with E-state index in [2.05, 4.69) is 5.32 Å². The number of nitrogens with one attached hydrogen (secondary N) is 1. The SMILES string of the molecule is O=C(c1ccc(-c2ccc([N+](=O)[O-])cc2)o1)N1CCNCC1. The summed E-state index contributed by atoms with van der Waals surface area (Å²) in [5.41, 5.74) is 0.720. The molecule has 2 heterocycles. The van der Waals surface area contributed by atoms with Crippen LogP contribution in [0, 0.1) is 10.1 Å². The zero-order valence-electron chi connectivity index (χ0n) is 11.8. The van der Waals surface area contributed by atoms with Gasteiger partial charge < -0.3 is 14.6 Å². The number of nitrogens with zero attached hydrogens (tertiary/aromatic N) is 2. The van der Waals surface area contributed by atoms with Crippen molar-refractivity contribution in [3.63, 3.8) is 0 Å². The number of carbonyl (C=O) groups excluding carboxylic acids is 1. The van der Waals surface area contributed by atoms with E-state index in [1.807, 2.05) is 0 Å². The molecule has 0 atom stereocenters. The van der Waals surface area contributed by atoms with Crippen LogP contribution >= 0.6 is 0 Å². The summed E-state index contributed by atoms with van der Waals surface area (Å²) in [6, 6.07) is 9.38. The lowest BCUT2D eigenvalue weighted by Gasteiger charge is -2.26. The summed E-state index contributed by atoms with van der Waals surface area (Å²) in [5, 5.41) is 13.8. The zero-order chi connectivity index (χ0) is 15.5. The molecule has 7 nitrogen and oxygen atoms in total. The standard InChI is InChI=1S/C15H15N3O4/c19-15(17-9-7-16-8-10-17)14-6-5-13(22-14)11-1-3-12(4-2-11)18(20)21/h1-6,16H,7-10H2. The number of nitro benzene ring substituents is 1. The average molecular weight is 301 g/mol. The minimum Gasteiger partial charge on any atom is -0.451 e. The molecule has 3 rings (SSSR count). The number of rotatable bonds is 3. The highest BCUT2D eigenvalue weighted by Crippen LogP contribution is 2.25. The van der Waals surface area contributed by atoms with Crippen LogP contribution in [0.5, 0.6) is 0 Å². The van der Waals surface area contributed by atoms with Crippen LogP contribution in [0.3, 0.4) is 0 Å². The summed E-state index contributed by atoms with van der Waals surface area (Å²) in [6.45, 7) is 2.88. The lowest BCUT2D eigenvalue weighted by molar-refractivity contribution is -0.384. The Morgan fingerprint density at radius 1 is 1.14 bits per heavy atom. The molecule has 1 aromatic heterocycles. The Bertz CT molecular complexity index is 687. The maximum atomic E-state index is 12.3. The van der Waals surface area contributed by atoms with Crippen LogP contribution in [0.25, 0.3) is 11.3 Å². The first-order valence-corrected chi connectivity index (χ1v) is 7.00. The smallest absolute Gasteiger partial charge is 0.289 e. The van der Waals surface area contributed by atoms with Crippen molar-refractivity contribution in [2.75, 3.05) is 26.2 Å². The quantitative estimate of drug-likeness (QED) is 0.691. The number of piperazine rings is 1. The van der Waals surface area contributed by atoms with E-state index >= 15 is 0 Å². The van der Waals surface area contributed by atoms with Crippen molar-refractivity contribution in [3.8, 4) is 11.3 Å². The molecule has 0 aliphatic carbocycles. The van der Waals surface area contributed by atoms with Gasteiger partial charge in [0.05, 0.1) is 4.92 Å². The molecule has 0 spiro atoms. The van der Waals surface area contributed by atoms with E-state index in [9.17, 15) is 14.9 Å². The van der Waals surface area contributed by atoms with Crippen molar-refractivity contribution in [1.82, 2.24) is 10.2 Å². The van der Waals surface area contributed by atoms with Crippen LogP contribution in [0.4, 0.5) is 5.69 Å². The molecule has 0 bridgehead atoms. The number of non-ortho nitro benzene ring substituents is 1. The Labute approximate surface area is 126 Å². The number of hydrogen-bond donors (Lipinski definition) is 1. The Kier molecular flexibility index (Phi) is 3.88. The topological polar surface area (TPSA) is 88.6 Å². The highest BCUT2D eigenvalue weighted by Gasteiger charge is 2.21. The largest absolute Gasteiger partial charge is 0.451 e. The molecular formula is C15H15N3O4. The van der Waals surface area contributed by atoms with Crippen molar-refractivity contribution in [2.45, 2.75) is 0 Å². The molecule has 0 radical (unpaired) electrons. The van der Waals surface area contributed by atoms with E-state index < -0.39 is 4.92 Å². The molecule has 0 saturated carbocycles. The third kappa shape index (κ3) is 2.84. The summed E-state index contributed by atoms with van der Waals surface area (Å²) < 4.78 is 5.60. The predicted octanol–water partition coefficient (Wildman–Crippen LogP) is 1.90. The third-order valence-electron chi connectivity index (χ3n) is 3.58. The summed E-state index contributed by atoms with van der Waals surface area (Å²) in [4.78, 5) is 24.2. The number of hydrogen-bond acceptors (Lipinski definition) is 5. The molecular weight excluding hydrogens is 286 g/mol. The van der Waals surface area contributed by atoms with E-state index in [1.54, 1.807) is 29.2 Å². The fourth-order valence-electron chi connectivity index (χ4n) is 2.38. The van der Waals surface area contributed by atoms with Gasteiger partial charge in [-0.3, -0.25) is 14.9 Å². The Morgan fingerprint density at radius 3 is 2.45 bits per heavy atom. The molecule has 0 unspecified atom stereocenters. The molecule has 1 aromatic carbocycles. The predicted molar refractivity (Wildman–Crippen MR) is 79.6 cm³/mol. The maximum Gasteiger partial charge on any atom is 0.289 e. The van der Waals surface area contributed by atoms with E-state index in [4.69, 9.17) is 4.42 Å². The fourth-order valence-corrected chi connectivity index (χ4v) is 2.38. The first-order valence-electron chi connectivity index (χ1n) is 7.00. The second kappa shape index (κ2) is 5.98. The number of carbonyl (C=O) groups is 1. The molecule has 114 valence electrons. The van der Waals surface area contributed by atoms with Crippen LogP contribution in [0.15, 0.2) is 40.8 Å². The second-order valence-corrected chi connectivity index (χ2v) is 5.01. The van der Waals surface area contributed by atoms with Crippen LogP contribution in [-0.2, 0) is 0 Å². The fraction of sp³-hybridized carbons (Fsp3) is 0.267. The Hall–Kier alpha value is -2.67. The Morgan fingerprint density at radius 2 is 1.82 bits per heavy atom. The monoisotopic (exact) mass is 301 g/mol. The van der Waals surface area contributed by atoms with Gasteiger partial charge in [-0.1, -0.05) is 0 Å². The van der Waals surface area contributed by atoms with Crippen molar-refractivity contribution in [3.05, 3.63) is 52.3 Å². The minimum atomic E-state index is -0.453. The summed E-state index contributed by atoms with van der Waals surface area (Å²) >= 11 is 0. The molecule has 1 amide bonds. The van der Waals surface area contributed by atoms with Crippen molar-refractivity contribution < 1.29 is 14.1 Å². The van der Waals surface area contributed by atoms with Gasteiger partial charge in [-0.2, -0.15) is 0 Å². The number of amides is 1. The van der Waals surface area contributed by atoms with E-state index in [1.165, 1.54) is 12.1 Å². The van der Waals surface area contributed by atoms with Gasteiger partial charge in [-0.05, 0) is 24.3 Å². The van der Waals surface area contributed by atoms with Crippen LogP contribution in [0.1, 0.15) is 10.6 Å². The van der Waals surface area contributed by atoms with Crippen LogP contribution < -0.4 is 5.32 Å². The number of benzene rings is 1. The Balaban J connectivity index is 1.78. The molecule has 1 aliphatic rings. The van der Waals surface area contributed by atoms with Crippen molar-refractivity contribution in [1.29, 1.82) is 0 Å². The molecule has 1 aliphatic heterocycles. The van der Waals surface area contributed by atoms with Gasteiger partial charge in [0.15, 0.2) is 5.76 Å². The second-order valence-electron chi connectivity index (χ2n) is 5.01. The number of nitro groups is 1. The first kappa shape index (κ1) is 14.3. The van der Waals surface area contributed by atoms with Crippen LogP contribution in [0.2, 0.25) is 0 Å². The van der Waals surface area contributed by atoms with Crippen LogP contribution in [-0.4, -0.2) is 41.9 Å². The average Bonchev–Trinajstić information content (AvgIpc) is 3.05. The lowest BCUT2D eigenvalue weighted by Crippen LogP contribution is -2.46. The molecule has 22 heavy (non-hydrogen) atoms. The summed E-state index contributed by atoms with van der Waals surface area (Å²) in [6.07, 6.45) is 0. The molecule has 2 aromatic rings. The van der Waals surface area contributed by atoms with E-state index in [0.717, 1.165) is 13.1 Å². The van der Waals surface area contributed by atoms with Gasteiger partial charge in [0, 0.05) is 43.9 Å². The van der Waals surface area contributed by atoms with Gasteiger partial charge in [0.1, 0.15) is 5.76 Å². The summed E-state index contributed by atoms with van der Waals surface area (Å²) in [7, 11) is 0. The highest BCUT2D eigenvalue weighted by atomic mass is 16.6. The van der Waals surface area contributed by atoms with Gasteiger partial charge in [0.2, 0.25) is 0 Å². The molecule has 1 saturated heterocycles. The van der Waals surface area contributed by atoms with Gasteiger partial charge in [-0.25, -0.2) is 0 Å². The third-order valence-corrected chi connectivity index (χ3v) is 3.58. The first-order chi connectivity index (χ1) is 10.6. The van der Waals surface area contributed by atoms with E-state index in [-0.39, 0.29) is 17.4 Å². The normalized spacial score (nSPS) is 14.8. The zero-order valence-corrected chi connectivity index (χ0v) is 11.8. The lowest BCUT2D eigenvalue weighted by atomic mass is 10.1. The van der Waals surface area contributed by atoms with Gasteiger partial charge >= 0.3 is 0 Å². The summed E-state index contributed by atoms with van der Waals surface area (Å²) in [5.74, 6) is 0.679. The van der Waals surface area contributed by atoms with E-state index in [0.29, 0.717) is 24.4 Å².